The zero-order valence-electron chi connectivity index (χ0n) is 16.5. The van der Waals surface area contributed by atoms with Crippen LogP contribution in [-0.2, 0) is 11.2 Å². The molecule has 0 saturated heterocycles. The highest BCUT2D eigenvalue weighted by Gasteiger charge is 2.28. The predicted molar refractivity (Wildman–Crippen MR) is 123 cm³/mol. The smallest absolute Gasteiger partial charge is 0.273 e. The van der Waals surface area contributed by atoms with Gasteiger partial charge in [0.05, 0.1) is 17.8 Å². The van der Waals surface area contributed by atoms with E-state index in [0.717, 1.165) is 37.5 Å². The number of nitrogens with one attached hydrogen (secondary N) is 2. The molecule has 6 heteroatoms. The molecule has 0 atom stereocenters. The van der Waals surface area contributed by atoms with Crippen LogP contribution < -0.4 is 15.8 Å². The van der Waals surface area contributed by atoms with Gasteiger partial charge in [-0.1, -0.05) is 78.5 Å². The standard InChI is InChI=1S/C25H19N3O2S/c29-24(16-18-10-7-9-17-8-1-2-11-19(17)18)26-27-25(30)28-20-12-3-5-14-22(20)31-23-15-6-4-13-21(23)28/h1-15H,16H2,(H,26,29)(H,27,30). The third-order valence-corrected chi connectivity index (χ3v) is 6.31. The maximum atomic E-state index is 13.1. The van der Waals surface area contributed by atoms with Gasteiger partial charge >= 0.3 is 6.03 Å². The van der Waals surface area contributed by atoms with Crippen LogP contribution in [0.15, 0.2) is 101 Å². The minimum atomic E-state index is -0.411. The van der Waals surface area contributed by atoms with Crippen LogP contribution in [0.4, 0.5) is 16.2 Å². The van der Waals surface area contributed by atoms with E-state index in [1.807, 2.05) is 91.0 Å². The number of carbonyl (C=O) groups is 2. The number of carbonyl (C=O) groups excluding carboxylic acids is 2. The first-order valence-corrected chi connectivity index (χ1v) is 10.7. The zero-order chi connectivity index (χ0) is 21.2. The molecule has 0 fully saturated rings. The van der Waals surface area contributed by atoms with E-state index in [9.17, 15) is 9.59 Å². The van der Waals surface area contributed by atoms with Crippen LogP contribution in [0.2, 0.25) is 0 Å². The second-order valence-corrected chi connectivity index (χ2v) is 8.25. The molecule has 3 amide bonds. The molecule has 0 saturated carbocycles. The number of rotatable bonds is 2. The van der Waals surface area contributed by atoms with Crippen LogP contribution >= 0.6 is 11.8 Å². The van der Waals surface area contributed by atoms with Crippen molar-refractivity contribution in [2.75, 3.05) is 4.90 Å². The number of urea groups is 1. The first-order chi connectivity index (χ1) is 15.2. The molecule has 0 bridgehead atoms. The number of amides is 3. The highest BCUT2D eigenvalue weighted by molar-refractivity contribution is 7.99. The van der Waals surface area contributed by atoms with Gasteiger partial charge in [-0.3, -0.25) is 15.1 Å². The second kappa shape index (κ2) is 8.16. The van der Waals surface area contributed by atoms with Crippen molar-refractivity contribution >= 4 is 45.8 Å². The van der Waals surface area contributed by atoms with Gasteiger partial charge in [-0.05, 0) is 40.6 Å². The number of hydrogen-bond acceptors (Lipinski definition) is 3. The number of anilines is 2. The lowest BCUT2D eigenvalue weighted by atomic mass is 10.0. The molecule has 1 heterocycles. The minimum absolute atomic E-state index is 0.171. The lowest BCUT2D eigenvalue weighted by Gasteiger charge is -2.30. The van der Waals surface area contributed by atoms with E-state index in [0.29, 0.717) is 0 Å². The third-order valence-electron chi connectivity index (χ3n) is 5.18. The van der Waals surface area contributed by atoms with Gasteiger partial charge in [0.1, 0.15) is 0 Å². The Labute approximate surface area is 184 Å². The van der Waals surface area contributed by atoms with Gasteiger partial charge < -0.3 is 0 Å². The molecule has 1 aliphatic heterocycles. The minimum Gasteiger partial charge on any atom is -0.273 e. The van der Waals surface area contributed by atoms with Gasteiger partial charge in [0.15, 0.2) is 0 Å². The van der Waals surface area contributed by atoms with Crippen LogP contribution in [0.1, 0.15) is 5.56 Å². The molecule has 0 aliphatic carbocycles. The summed E-state index contributed by atoms with van der Waals surface area (Å²) in [5, 5.41) is 2.11. The van der Waals surface area contributed by atoms with Crippen LogP contribution in [0.3, 0.4) is 0 Å². The quantitative estimate of drug-likeness (QED) is 0.421. The fourth-order valence-electron chi connectivity index (χ4n) is 3.77. The molecule has 0 radical (unpaired) electrons. The Bertz CT molecular complexity index is 1250. The van der Waals surface area contributed by atoms with Crippen LogP contribution in [0.25, 0.3) is 10.8 Å². The van der Waals surface area contributed by atoms with Gasteiger partial charge in [-0.25, -0.2) is 10.2 Å². The monoisotopic (exact) mass is 425 g/mol. The lowest BCUT2D eigenvalue weighted by Crippen LogP contribution is -2.48. The Kier molecular flexibility index (Phi) is 5.06. The Hall–Kier alpha value is -3.77. The van der Waals surface area contributed by atoms with Crippen molar-refractivity contribution in [3.63, 3.8) is 0 Å². The highest BCUT2D eigenvalue weighted by atomic mass is 32.2. The van der Waals surface area contributed by atoms with E-state index in [2.05, 4.69) is 10.9 Å². The van der Waals surface area contributed by atoms with Crippen molar-refractivity contribution in [1.82, 2.24) is 10.9 Å². The van der Waals surface area contributed by atoms with Crippen LogP contribution in [0, 0.1) is 0 Å². The summed E-state index contributed by atoms with van der Waals surface area (Å²) in [4.78, 5) is 29.2. The summed E-state index contributed by atoms with van der Waals surface area (Å²) in [5.74, 6) is -0.280. The Morgan fingerprint density at radius 1 is 0.710 bits per heavy atom. The van der Waals surface area contributed by atoms with Crippen molar-refractivity contribution in [2.45, 2.75) is 16.2 Å². The average Bonchev–Trinajstić information content (AvgIpc) is 2.81. The first kappa shape index (κ1) is 19.2. The van der Waals surface area contributed by atoms with Gasteiger partial charge in [0, 0.05) is 9.79 Å². The van der Waals surface area contributed by atoms with Crippen molar-refractivity contribution < 1.29 is 9.59 Å². The molecule has 0 aromatic heterocycles. The fraction of sp³-hybridized carbons (Fsp3) is 0.0400. The molecule has 31 heavy (non-hydrogen) atoms. The van der Waals surface area contributed by atoms with Gasteiger partial charge in [-0.2, -0.15) is 0 Å². The summed E-state index contributed by atoms with van der Waals surface area (Å²) >= 11 is 1.62. The Morgan fingerprint density at radius 2 is 1.32 bits per heavy atom. The summed E-state index contributed by atoms with van der Waals surface area (Å²) < 4.78 is 0. The number of fused-ring (bicyclic) bond motifs is 3. The molecule has 152 valence electrons. The van der Waals surface area contributed by atoms with Crippen LogP contribution in [0.5, 0.6) is 0 Å². The van der Waals surface area contributed by atoms with Crippen molar-refractivity contribution in [1.29, 1.82) is 0 Å². The molecule has 4 aromatic carbocycles. The van der Waals surface area contributed by atoms with Crippen molar-refractivity contribution in [3.05, 3.63) is 96.6 Å². The highest BCUT2D eigenvalue weighted by Crippen LogP contribution is 2.47. The largest absolute Gasteiger partial charge is 0.345 e. The molecular weight excluding hydrogens is 406 g/mol. The van der Waals surface area contributed by atoms with Crippen molar-refractivity contribution in [3.8, 4) is 0 Å². The normalized spacial score (nSPS) is 12.1. The van der Waals surface area contributed by atoms with Gasteiger partial charge in [-0.15, -0.1) is 0 Å². The Morgan fingerprint density at radius 3 is 2.06 bits per heavy atom. The van der Waals surface area contributed by atoms with Crippen molar-refractivity contribution in [2.24, 2.45) is 0 Å². The SMILES string of the molecule is O=C(Cc1cccc2ccccc12)NNC(=O)N1c2ccccc2Sc2ccccc21. The van der Waals surface area contributed by atoms with E-state index >= 15 is 0 Å². The molecule has 0 spiro atoms. The fourth-order valence-corrected chi connectivity index (χ4v) is 4.82. The maximum absolute atomic E-state index is 13.1. The van der Waals surface area contributed by atoms with E-state index in [4.69, 9.17) is 0 Å². The Balaban J connectivity index is 1.34. The second-order valence-electron chi connectivity index (χ2n) is 7.17. The van der Waals surface area contributed by atoms with E-state index in [1.165, 1.54) is 0 Å². The average molecular weight is 426 g/mol. The van der Waals surface area contributed by atoms with E-state index in [-0.39, 0.29) is 12.3 Å². The zero-order valence-corrected chi connectivity index (χ0v) is 17.4. The van der Waals surface area contributed by atoms with Gasteiger partial charge in [0.25, 0.3) is 0 Å². The molecule has 4 aromatic rings. The van der Waals surface area contributed by atoms with Gasteiger partial charge in [0.2, 0.25) is 5.91 Å². The van der Waals surface area contributed by atoms with Crippen LogP contribution in [-0.4, -0.2) is 11.9 Å². The summed E-state index contributed by atoms with van der Waals surface area (Å²) in [6.07, 6.45) is 0.171. The summed E-state index contributed by atoms with van der Waals surface area (Å²) in [5.41, 5.74) is 7.63. The molecule has 1 aliphatic rings. The third kappa shape index (κ3) is 3.73. The number of hydrogen-bond donors (Lipinski definition) is 2. The summed E-state index contributed by atoms with van der Waals surface area (Å²) in [6, 6.07) is 28.8. The lowest BCUT2D eigenvalue weighted by molar-refractivity contribution is -0.121. The topological polar surface area (TPSA) is 61.4 Å². The number of benzene rings is 4. The van der Waals surface area contributed by atoms with E-state index in [1.54, 1.807) is 16.7 Å². The predicted octanol–water partition coefficient (Wildman–Crippen LogP) is 5.43. The summed E-state index contributed by atoms with van der Waals surface area (Å²) in [7, 11) is 0. The maximum Gasteiger partial charge on any atom is 0.345 e. The number of para-hydroxylation sites is 2. The number of hydrazine groups is 1. The molecule has 5 rings (SSSR count). The summed E-state index contributed by atoms with van der Waals surface area (Å²) in [6.45, 7) is 0. The molecule has 5 nitrogen and oxygen atoms in total. The molecular formula is C25H19N3O2S. The first-order valence-electron chi connectivity index (χ1n) is 9.92. The van der Waals surface area contributed by atoms with E-state index < -0.39 is 6.03 Å². The molecule has 0 unspecified atom stereocenters. The molecule has 2 N–H and O–H groups in total. The number of nitrogens with zero attached hydrogens (tertiary/aromatic N) is 1.